The van der Waals surface area contributed by atoms with E-state index in [1.54, 1.807) is 23.1 Å². The number of hydrogen-bond donors (Lipinski definition) is 1. The molecule has 4 nitrogen and oxygen atoms in total. The van der Waals surface area contributed by atoms with Crippen molar-refractivity contribution in [1.29, 1.82) is 0 Å². The Morgan fingerprint density at radius 2 is 2.19 bits per heavy atom. The van der Waals surface area contributed by atoms with E-state index in [0.717, 1.165) is 11.1 Å². The summed E-state index contributed by atoms with van der Waals surface area (Å²) in [5, 5.41) is 10.1. The molecule has 112 valence electrons. The molecule has 1 N–H and O–H groups in total. The van der Waals surface area contributed by atoms with Crippen LogP contribution in [0.5, 0.6) is 11.5 Å². The van der Waals surface area contributed by atoms with E-state index in [9.17, 15) is 9.90 Å². The van der Waals surface area contributed by atoms with Gasteiger partial charge in [-0.1, -0.05) is 24.3 Å². The van der Waals surface area contributed by atoms with E-state index in [1.807, 2.05) is 19.9 Å². The topological polar surface area (TPSA) is 49.8 Å². The third kappa shape index (κ3) is 3.27. The molecule has 4 heteroatoms. The molecule has 0 spiro atoms. The van der Waals surface area contributed by atoms with Gasteiger partial charge in [0.1, 0.15) is 18.1 Å². The number of benzene rings is 1. The second-order valence-electron chi connectivity index (χ2n) is 5.30. The number of amides is 1. The number of hydrogen-bond acceptors (Lipinski definition) is 3. The molecule has 1 aliphatic rings. The Bertz CT molecular complexity index is 586. The average molecular weight is 287 g/mol. The van der Waals surface area contributed by atoms with Crippen LogP contribution in [0.15, 0.2) is 36.4 Å². The first kappa shape index (κ1) is 15.2. The predicted octanol–water partition coefficient (Wildman–Crippen LogP) is 3.20. The van der Waals surface area contributed by atoms with Crippen LogP contribution in [-0.2, 0) is 11.2 Å². The number of fused-ring (bicyclic) bond motifs is 1. The highest BCUT2D eigenvalue weighted by atomic mass is 16.5. The van der Waals surface area contributed by atoms with Gasteiger partial charge in [-0.05, 0) is 32.4 Å². The third-order valence-corrected chi connectivity index (χ3v) is 3.42. The zero-order chi connectivity index (χ0) is 15.4. The molecule has 0 saturated heterocycles. The van der Waals surface area contributed by atoms with E-state index in [0.29, 0.717) is 37.4 Å². The van der Waals surface area contributed by atoms with Crippen molar-refractivity contribution in [2.24, 2.45) is 0 Å². The Balaban J connectivity index is 2.46. The van der Waals surface area contributed by atoms with Crippen LogP contribution < -0.4 is 9.64 Å². The van der Waals surface area contributed by atoms with Crippen LogP contribution in [0, 0.1) is 0 Å². The van der Waals surface area contributed by atoms with Gasteiger partial charge in [0.05, 0.1) is 5.69 Å². The van der Waals surface area contributed by atoms with Crippen molar-refractivity contribution in [1.82, 2.24) is 0 Å². The molecule has 0 fully saturated rings. The monoisotopic (exact) mass is 287 g/mol. The standard InChI is InChI=1S/C17H21NO3/c1-4-11-21-15-7-6-14(19)13-5-8-16(20)18(17(13)15)10-9-12(2)3/h4,6-7,9,19H,1,5,8,10-11H2,2-3H3. The summed E-state index contributed by atoms with van der Waals surface area (Å²) in [4.78, 5) is 13.9. The number of ether oxygens (including phenoxy) is 1. The quantitative estimate of drug-likeness (QED) is 0.846. The van der Waals surface area contributed by atoms with Crippen molar-refractivity contribution in [3.63, 3.8) is 0 Å². The van der Waals surface area contributed by atoms with Crippen LogP contribution in [0.2, 0.25) is 0 Å². The molecular weight excluding hydrogens is 266 g/mol. The summed E-state index contributed by atoms with van der Waals surface area (Å²) >= 11 is 0. The number of anilines is 1. The molecule has 1 heterocycles. The van der Waals surface area contributed by atoms with Gasteiger partial charge < -0.3 is 14.7 Å². The minimum absolute atomic E-state index is 0.0500. The molecule has 0 saturated carbocycles. The second-order valence-corrected chi connectivity index (χ2v) is 5.30. The number of nitrogens with zero attached hydrogens (tertiary/aromatic N) is 1. The molecule has 1 aromatic rings. The van der Waals surface area contributed by atoms with Crippen molar-refractivity contribution in [3.05, 3.63) is 42.0 Å². The van der Waals surface area contributed by atoms with E-state index in [-0.39, 0.29) is 11.7 Å². The fourth-order valence-corrected chi connectivity index (χ4v) is 2.37. The summed E-state index contributed by atoms with van der Waals surface area (Å²) in [6.07, 6.45) is 4.59. The maximum Gasteiger partial charge on any atom is 0.227 e. The fraction of sp³-hybridized carbons (Fsp3) is 0.353. The zero-order valence-corrected chi connectivity index (χ0v) is 12.6. The lowest BCUT2D eigenvalue weighted by molar-refractivity contribution is -0.118. The van der Waals surface area contributed by atoms with E-state index in [2.05, 4.69) is 6.58 Å². The summed E-state index contributed by atoms with van der Waals surface area (Å²) < 4.78 is 5.65. The van der Waals surface area contributed by atoms with Crippen LogP contribution >= 0.6 is 0 Å². The Hall–Kier alpha value is -2.23. The first-order valence-corrected chi connectivity index (χ1v) is 7.07. The molecular formula is C17H21NO3. The number of phenolic OH excluding ortho intramolecular Hbond substituents is 1. The Kier molecular flexibility index (Phi) is 4.68. The van der Waals surface area contributed by atoms with Crippen LogP contribution in [0.3, 0.4) is 0 Å². The third-order valence-electron chi connectivity index (χ3n) is 3.42. The number of carbonyl (C=O) groups excluding carboxylic acids is 1. The summed E-state index contributed by atoms with van der Waals surface area (Å²) in [6.45, 7) is 8.47. The van der Waals surface area contributed by atoms with E-state index >= 15 is 0 Å². The lowest BCUT2D eigenvalue weighted by Crippen LogP contribution is -2.35. The Morgan fingerprint density at radius 1 is 1.43 bits per heavy atom. The van der Waals surface area contributed by atoms with E-state index in [1.165, 1.54) is 0 Å². The number of rotatable bonds is 5. The van der Waals surface area contributed by atoms with Crippen molar-refractivity contribution in [3.8, 4) is 11.5 Å². The van der Waals surface area contributed by atoms with Gasteiger partial charge in [0.25, 0.3) is 0 Å². The van der Waals surface area contributed by atoms with Gasteiger partial charge in [-0.2, -0.15) is 0 Å². The smallest absolute Gasteiger partial charge is 0.227 e. The van der Waals surface area contributed by atoms with Gasteiger partial charge in [-0.3, -0.25) is 4.79 Å². The molecule has 0 bridgehead atoms. The first-order valence-electron chi connectivity index (χ1n) is 7.07. The van der Waals surface area contributed by atoms with Crippen LogP contribution in [0.4, 0.5) is 5.69 Å². The van der Waals surface area contributed by atoms with Gasteiger partial charge in [-0.15, -0.1) is 0 Å². The van der Waals surface area contributed by atoms with E-state index in [4.69, 9.17) is 4.74 Å². The van der Waals surface area contributed by atoms with Crippen LogP contribution in [-0.4, -0.2) is 24.2 Å². The highest BCUT2D eigenvalue weighted by molar-refractivity contribution is 5.99. The molecule has 1 amide bonds. The van der Waals surface area contributed by atoms with Gasteiger partial charge in [-0.25, -0.2) is 0 Å². The van der Waals surface area contributed by atoms with Crippen molar-refractivity contribution in [2.75, 3.05) is 18.1 Å². The van der Waals surface area contributed by atoms with Gasteiger partial charge in [0, 0.05) is 18.5 Å². The van der Waals surface area contributed by atoms with Crippen molar-refractivity contribution < 1.29 is 14.6 Å². The minimum atomic E-state index is 0.0500. The van der Waals surface area contributed by atoms with Gasteiger partial charge in [0.15, 0.2) is 0 Å². The maximum atomic E-state index is 12.2. The highest BCUT2D eigenvalue weighted by Gasteiger charge is 2.28. The van der Waals surface area contributed by atoms with Crippen LogP contribution in [0.25, 0.3) is 0 Å². The molecule has 0 atom stereocenters. The first-order chi connectivity index (χ1) is 10.0. The lowest BCUT2D eigenvalue weighted by Gasteiger charge is -2.30. The van der Waals surface area contributed by atoms with Gasteiger partial charge in [0.2, 0.25) is 5.91 Å². The molecule has 0 unspecified atom stereocenters. The van der Waals surface area contributed by atoms with Crippen molar-refractivity contribution >= 4 is 11.6 Å². The highest BCUT2D eigenvalue weighted by Crippen LogP contribution is 2.41. The number of allylic oxidation sites excluding steroid dienone is 1. The number of phenols is 1. The molecule has 0 aliphatic carbocycles. The SMILES string of the molecule is C=CCOc1ccc(O)c2c1N(CC=C(C)C)C(=O)CC2. The summed E-state index contributed by atoms with van der Waals surface area (Å²) in [5.74, 6) is 0.873. The summed E-state index contributed by atoms with van der Waals surface area (Å²) in [5.41, 5.74) is 2.60. The molecule has 0 radical (unpaired) electrons. The second kappa shape index (κ2) is 6.48. The predicted molar refractivity (Wildman–Crippen MR) is 83.9 cm³/mol. The number of carbonyl (C=O) groups is 1. The summed E-state index contributed by atoms with van der Waals surface area (Å²) in [6, 6.07) is 3.32. The Morgan fingerprint density at radius 3 is 2.86 bits per heavy atom. The number of aromatic hydroxyl groups is 1. The molecule has 1 aromatic carbocycles. The fourth-order valence-electron chi connectivity index (χ4n) is 2.37. The van der Waals surface area contributed by atoms with Crippen molar-refractivity contribution in [2.45, 2.75) is 26.7 Å². The van der Waals surface area contributed by atoms with Crippen LogP contribution in [0.1, 0.15) is 25.8 Å². The minimum Gasteiger partial charge on any atom is -0.508 e. The van der Waals surface area contributed by atoms with Gasteiger partial charge >= 0.3 is 0 Å². The zero-order valence-electron chi connectivity index (χ0n) is 12.6. The Labute approximate surface area is 125 Å². The lowest BCUT2D eigenvalue weighted by atomic mass is 9.99. The average Bonchev–Trinajstić information content (AvgIpc) is 2.45. The molecule has 1 aliphatic heterocycles. The molecule has 2 rings (SSSR count). The summed E-state index contributed by atoms with van der Waals surface area (Å²) in [7, 11) is 0. The normalized spacial score (nSPS) is 13.6. The largest absolute Gasteiger partial charge is 0.508 e. The van der Waals surface area contributed by atoms with E-state index < -0.39 is 0 Å². The molecule has 0 aromatic heterocycles. The maximum absolute atomic E-state index is 12.2. The molecule has 21 heavy (non-hydrogen) atoms.